The van der Waals surface area contributed by atoms with Gasteiger partial charge in [0.05, 0.1) is 6.04 Å². The molecule has 1 N–H and O–H groups in total. The van der Waals surface area contributed by atoms with Crippen molar-refractivity contribution in [3.8, 4) is 11.5 Å². The highest BCUT2D eigenvalue weighted by Crippen LogP contribution is 2.28. The van der Waals surface area contributed by atoms with E-state index < -0.39 is 0 Å². The maximum Gasteiger partial charge on any atom is 0.247 e. The van der Waals surface area contributed by atoms with E-state index in [2.05, 4.69) is 54.3 Å². The fourth-order valence-electron chi connectivity index (χ4n) is 1.67. The third-order valence-corrected chi connectivity index (χ3v) is 3.52. The SMILES string of the molecule is CCC(NC)c1nnc(-c2cc(Br)cc(Br)c2)o1. The van der Waals surface area contributed by atoms with E-state index in [1.54, 1.807) is 0 Å². The predicted octanol–water partition coefficient (Wildman–Crippen LogP) is 3.93. The van der Waals surface area contributed by atoms with Gasteiger partial charge < -0.3 is 9.73 Å². The van der Waals surface area contributed by atoms with E-state index >= 15 is 0 Å². The minimum absolute atomic E-state index is 0.0989. The van der Waals surface area contributed by atoms with Crippen molar-refractivity contribution in [1.29, 1.82) is 0 Å². The van der Waals surface area contributed by atoms with Gasteiger partial charge in [0.1, 0.15) is 0 Å². The average Bonchev–Trinajstić information content (AvgIpc) is 2.79. The van der Waals surface area contributed by atoms with Crippen LogP contribution in [0.5, 0.6) is 0 Å². The molecule has 1 unspecified atom stereocenters. The van der Waals surface area contributed by atoms with Crippen molar-refractivity contribution < 1.29 is 4.42 Å². The monoisotopic (exact) mass is 373 g/mol. The fraction of sp³-hybridized carbons (Fsp3) is 0.333. The lowest BCUT2D eigenvalue weighted by molar-refractivity contribution is 0.415. The van der Waals surface area contributed by atoms with E-state index in [1.807, 2.05) is 25.2 Å². The van der Waals surface area contributed by atoms with Gasteiger partial charge in [0.25, 0.3) is 0 Å². The molecule has 1 aromatic carbocycles. The zero-order valence-electron chi connectivity index (χ0n) is 10.1. The lowest BCUT2D eigenvalue weighted by atomic mass is 10.2. The van der Waals surface area contributed by atoms with Crippen LogP contribution in [-0.4, -0.2) is 17.2 Å². The maximum atomic E-state index is 5.70. The molecule has 0 saturated carbocycles. The lowest BCUT2D eigenvalue weighted by Crippen LogP contribution is -2.15. The third kappa shape index (κ3) is 2.99. The van der Waals surface area contributed by atoms with Crippen LogP contribution < -0.4 is 5.32 Å². The van der Waals surface area contributed by atoms with Crippen LogP contribution in [0.4, 0.5) is 0 Å². The average molecular weight is 375 g/mol. The van der Waals surface area contributed by atoms with Crippen LogP contribution in [0.2, 0.25) is 0 Å². The molecule has 1 atom stereocenters. The lowest BCUT2D eigenvalue weighted by Gasteiger charge is -2.07. The van der Waals surface area contributed by atoms with Crippen LogP contribution in [0.25, 0.3) is 11.5 Å². The van der Waals surface area contributed by atoms with Crippen LogP contribution in [0, 0.1) is 0 Å². The summed E-state index contributed by atoms with van der Waals surface area (Å²) in [6.45, 7) is 2.07. The van der Waals surface area contributed by atoms with Crippen molar-refractivity contribution in [2.45, 2.75) is 19.4 Å². The molecule has 0 fully saturated rings. The highest BCUT2D eigenvalue weighted by molar-refractivity contribution is 9.11. The van der Waals surface area contributed by atoms with E-state index in [4.69, 9.17) is 4.42 Å². The summed E-state index contributed by atoms with van der Waals surface area (Å²) in [6, 6.07) is 5.95. The maximum absolute atomic E-state index is 5.70. The van der Waals surface area contributed by atoms with Crippen molar-refractivity contribution in [1.82, 2.24) is 15.5 Å². The molecule has 0 saturated heterocycles. The molecule has 2 aromatic rings. The molecule has 1 aromatic heterocycles. The van der Waals surface area contributed by atoms with E-state index in [9.17, 15) is 0 Å². The number of nitrogens with zero attached hydrogens (tertiary/aromatic N) is 2. The number of halogens is 2. The molecule has 4 nitrogen and oxygen atoms in total. The first-order valence-corrected chi connectivity index (χ1v) is 7.19. The fourth-order valence-corrected chi connectivity index (χ4v) is 2.97. The Labute approximate surface area is 122 Å². The summed E-state index contributed by atoms with van der Waals surface area (Å²) in [5, 5.41) is 11.3. The number of nitrogens with one attached hydrogen (secondary N) is 1. The zero-order valence-corrected chi connectivity index (χ0v) is 13.2. The summed E-state index contributed by atoms with van der Waals surface area (Å²) in [6.07, 6.45) is 0.903. The third-order valence-electron chi connectivity index (χ3n) is 2.60. The Kier molecular flexibility index (Phi) is 4.53. The van der Waals surface area contributed by atoms with Crippen molar-refractivity contribution in [2.24, 2.45) is 0 Å². The highest BCUT2D eigenvalue weighted by Gasteiger charge is 2.16. The second kappa shape index (κ2) is 5.95. The van der Waals surface area contributed by atoms with E-state index in [0.717, 1.165) is 20.9 Å². The number of aromatic nitrogens is 2. The summed E-state index contributed by atoms with van der Waals surface area (Å²) in [5.74, 6) is 1.15. The molecule has 0 radical (unpaired) electrons. The Morgan fingerprint density at radius 2 is 1.89 bits per heavy atom. The molecule has 0 aliphatic heterocycles. The molecule has 6 heteroatoms. The van der Waals surface area contributed by atoms with Gasteiger partial charge in [0.2, 0.25) is 11.8 Å². The van der Waals surface area contributed by atoms with Gasteiger partial charge in [-0.05, 0) is 31.7 Å². The van der Waals surface area contributed by atoms with E-state index in [0.29, 0.717) is 11.8 Å². The van der Waals surface area contributed by atoms with Gasteiger partial charge in [-0.1, -0.05) is 38.8 Å². The van der Waals surface area contributed by atoms with Crippen LogP contribution in [0.15, 0.2) is 31.6 Å². The molecular weight excluding hydrogens is 362 g/mol. The number of hydrogen-bond donors (Lipinski definition) is 1. The number of rotatable bonds is 4. The van der Waals surface area contributed by atoms with Crippen molar-refractivity contribution in [3.63, 3.8) is 0 Å². The summed E-state index contributed by atoms with van der Waals surface area (Å²) in [5.41, 5.74) is 0.890. The van der Waals surface area contributed by atoms with Crippen molar-refractivity contribution in [3.05, 3.63) is 33.0 Å². The molecule has 0 amide bonds. The van der Waals surface area contributed by atoms with Gasteiger partial charge in [-0.3, -0.25) is 0 Å². The first kappa shape index (κ1) is 13.7. The van der Waals surface area contributed by atoms with Gasteiger partial charge in [0, 0.05) is 14.5 Å². The molecule has 2 rings (SSSR count). The predicted molar refractivity (Wildman–Crippen MR) is 77.2 cm³/mol. The highest BCUT2D eigenvalue weighted by atomic mass is 79.9. The molecule has 0 bridgehead atoms. The van der Waals surface area contributed by atoms with Crippen molar-refractivity contribution in [2.75, 3.05) is 7.05 Å². The minimum atomic E-state index is 0.0989. The number of benzene rings is 1. The van der Waals surface area contributed by atoms with Gasteiger partial charge >= 0.3 is 0 Å². The zero-order chi connectivity index (χ0) is 13.1. The van der Waals surface area contributed by atoms with Gasteiger partial charge in [-0.15, -0.1) is 10.2 Å². The number of hydrogen-bond acceptors (Lipinski definition) is 4. The molecule has 96 valence electrons. The molecule has 1 heterocycles. The van der Waals surface area contributed by atoms with Crippen LogP contribution >= 0.6 is 31.9 Å². The summed E-state index contributed by atoms with van der Waals surface area (Å²) in [7, 11) is 1.88. The van der Waals surface area contributed by atoms with Crippen LogP contribution in [-0.2, 0) is 0 Å². The Balaban J connectivity index is 2.34. The Morgan fingerprint density at radius 1 is 1.22 bits per heavy atom. The second-order valence-electron chi connectivity index (χ2n) is 3.85. The van der Waals surface area contributed by atoms with Gasteiger partial charge in [-0.25, -0.2) is 0 Å². The molecule has 0 aliphatic rings. The van der Waals surface area contributed by atoms with E-state index in [1.165, 1.54) is 0 Å². The Morgan fingerprint density at radius 3 is 2.44 bits per heavy atom. The molecular formula is C12H13Br2N3O. The quantitative estimate of drug-likeness (QED) is 0.880. The summed E-state index contributed by atoms with van der Waals surface area (Å²) < 4.78 is 7.63. The first-order chi connectivity index (χ1) is 8.63. The minimum Gasteiger partial charge on any atom is -0.419 e. The molecule has 18 heavy (non-hydrogen) atoms. The standard InChI is InChI=1S/C12H13Br2N3O/c1-3-10(15-2)12-17-16-11(18-12)7-4-8(13)6-9(14)5-7/h4-6,10,15H,3H2,1-2H3. The largest absolute Gasteiger partial charge is 0.419 e. The Hall–Kier alpha value is -0.720. The topological polar surface area (TPSA) is 51.0 Å². The van der Waals surface area contributed by atoms with Crippen molar-refractivity contribution >= 4 is 31.9 Å². The van der Waals surface area contributed by atoms with Gasteiger partial charge in [0.15, 0.2) is 0 Å². The molecule has 0 aliphatic carbocycles. The summed E-state index contributed by atoms with van der Waals surface area (Å²) in [4.78, 5) is 0. The molecule has 0 spiro atoms. The smallest absolute Gasteiger partial charge is 0.247 e. The summed E-state index contributed by atoms with van der Waals surface area (Å²) >= 11 is 6.88. The Bertz CT molecular complexity index is 518. The van der Waals surface area contributed by atoms with Crippen LogP contribution in [0.1, 0.15) is 25.3 Å². The van der Waals surface area contributed by atoms with Gasteiger partial charge in [-0.2, -0.15) is 0 Å². The first-order valence-electron chi connectivity index (χ1n) is 5.61. The van der Waals surface area contributed by atoms with Crippen LogP contribution in [0.3, 0.4) is 0 Å². The van der Waals surface area contributed by atoms with E-state index in [-0.39, 0.29) is 6.04 Å². The normalized spacial score (nSPS) is 12.7. The second-order valence-corrected chi connectivity index (χ2v) is 5.68.